The highest BCUT2D eigenvalue weighted by Gasteiger charge is 2.32. The molecule has 1 aromatic heterocycles. The van der Waals surface area contributed by atoms with Gasteiger partial charge in [0.2, 0.25) is 12.0 Å². The van der Waals surface area contributed by atoms with Crippen molar-refractivity contribution in [3.05, 3.63) is 41.3 Å². The van der Waals surface area contributed by atoms with E-state index in [-0.39, 0.29) is 18.4 Å². The summed E-state index contributed by atoms with van der Waals surface area (Å²) in [5.41, 5.74) is 0.483. The summed E-state index contributed by atoms with van der Waals surface area (Å²) in [4.78, 5) is 28.9. The lowest BCUT2D eigenvalue weighted by molar-refractivity contribution is -0.143. The summed E-state index contributed by atoms with van der Waals surface area (Å²) in [6, 6.07) is 11.1. The number of anilines is 1. The first-order valence-electron chi connectivity index (χ1n) is 9.81. The summed E-state index contributed by atoms with van der Waals surface area (Å²) in [5.74, 6) is 1.08. The number of carbonyl (C=O) groups excluding carboxylic acids is 2. The van der Waals surface area contributed by atoms with E-state index in [0.717, 1.165) is 0 Å². The average molecular weight is 426 g/mol. The minimum absolute atomic E-state index is 0.0661. The molecule has 8 nitrogen and oxygen atoms in total. The molecule has 3 heterocycles. The van der Waals surface area contributed by atoms with Crippen LogP contribution in [-0.4, -0.2) is 67.0 Å². The highest BCUT2D eigenvalue weighted by Crippen LogP contribution is 2.31. The number of rotatable bonds is 5. The second-order valence-electron chi connectivity index (χ2n) is 7.10. The maximum absolute atomic E-state index is 12.8. The molecule has 4 rings (SSSR count). The van der Waals surface area contributed by atoms with E-state index < -0.39 is 6.10 Å². The Morgan fingerprint density at radius 1 is 1.17 bits per heavy atom. The van der Waals surface area contributed by atoms with Gasteiger partial charge < -0.3 is 19.7 Å². The van der Waals surface area contributed by atoms with Crippen molar-refractivity contribution in [2.45, 2.75) is 12.5 Å². The van der Waals surface area contributed by atoms with Crippen LogP contribution in [-0.2, 0) is 9.59 Å². The van der Waals surface area contributed by atoms with Gasteiger partial charge in [0, 0.05) is 39.1 Å². The Labute approximate surface area is 178 Å². The minimum atomic E-state index is -0.627. The van der Waals surface area contributed by atoms with Crippen LogP contribution in [0.3, 0.4) is 0 Å². The Kier molecular flexibility index (Phi) is 6.16. The molecule has 1 saturated heterocycles. The smallest absolute Gasteiger partial charge is 0.267 e. The molecule has 0 bridgehead atoms. The van der Waals surface area contributed by atoms with Crippen molar-refractivity contribution in [3.63, 3.8) is 0 Å². The Hall–Kier alpha value is -3.09. The van der Waals surface area contributed by atoms with Gasteiger partial charge in [-0.1, -0.05) is 12.1 Å². The summed E-state index contributed by atoms with van der Waals surface area (Å²) in [7, 11) is 0. The van der Waals surface area contributed by atoms with Gasteiger partial charge in [-0.3, -0.25) is 14.5 Å². The van der Waals surface area contributed by atoms with Crippen LogP contribution in [0, 0.1) is 11.3 Å². The molecule has 2 amide bonds. The first-order valence-corrected chi connectivity index (χ1v) is 10.7. The molecule has 9 heteroatoms. The van der Waals surface area contributed by atoms with Crippen LogP contribution in [0.4, 0.5) is 5.00 Å². The zero-order valence-electron chi connectivity index (χ0n) is 16.4. The fourth-order valence-electron chi connectivity index (χ4n) is 3.48. The van der Waals surface area contributed by atoms with Crippen molar-refractivity contribution in [1.29, 1.82) is 5.26 Å². The largest absolute Gasteiger partial charge is 0.485 e. The molecular weight excluding hydrogens is 404 g/mol. The number of amides is 2. The number of nitrogens with zero attached hydrogens (tertiary/aromatic N) is 3. The van der Waals surface area contributed by atoms with Gasteiger partial charge in [-0.2, -0.15) is 5.26 Å². The predicted octanol–water partition coefficient (Wildman–Crippen LogP) is 1.93. The fraction of sp³-hybridized carbons (Fsp3) is 0.381. The van der Waals surface area contributed by atoms with Crippen molar-refractivity contribution < 1.29 is 19.1 Å². The van der Waals surface area contributed by atoms with E-state index in [9.17, 15) is 9.59 Å². The third kappa shape index (κ3) is 4.56. The molecule has 1 aromatic carbocycles. The van der Waals surface area contributed by atoms with Gasteiger partial charge in [-0.15, -0.1) is 11.3 Å². The molecule has 156 valence electrons. The normalized spacial score (nSPS) is 18.5. The maximum Gasteiger partial charge on any atom is 0.267 e. The highest BCUT2D eigenvalue weighted by molar-refractivity contribution is 7.14. The van der Waals surface area contributed by atoms with Crippen LogP contribution in [0.5, 0.6) is 11.5 Å². The molecule has 0 aliphatic carbocycles. The number of hydrogen-bond acceptors (Lipinski definition) is 7. The molecular formula is C21H22N4O4S. The number of benzene rings is 1. The number of nitriles is 1. The standard InChI is InChI=1S/C21H22N4O4S/c22-13-15-6-12-30-20(15)23-19(26)5-7-24-8-10-25(11-9-24)21(27)18-14-28-16-3-1-2-4-17(16)29-18/h1-4,6,12,18H,5,7-11,14H2,(H,23,26)/t18-/m1/s1. The molecule has 1 fully saturated rings. The summed E-state index contributed by atoms with van der Waals surface area (Å²) in [6.07, 6.45) is -0.287. The number of thiophene rings is 1. The number of nitrogens with one attached hydrogen (secondary N) is 1. The number of ether oxygens (including phenoxy) is 2. The zero-order valence-corrected chi connectivity index (χ0v) is 17.2. The molecule has 1 N–H and O–H groups in total. The molecule has 0 spiro atoms. The number of fused-ring (bicyclic) bond motifs is 1. The highest BCUT2D eigenvalue weighted by atomic mass is 32.1. The van der Waals surface area contributed by atoms with E-state index in [4.69, 9.17) is 14.7 Å². The van der Waals surface area contributed by atoms with Gasteiger partial charge in [0.25, 0.3) is 5.91 Å². The van der Waals surface area contributed by atoms with Gasteiger partial charge in [-0.25, -0.2) is 0 Å². The van der Waals surface area contributed by atoms with Crippen LogP contribution in [0.25, 0.3) is 0 Å². The van der Waals surface area contributed by atoms with E-state index in [1.165, 1.54) is 11.3 Å². The van der Waals surface area contributed by atoms with Gasteiger partial charge >= 0.3 is 0 Å². The summed E-state index contributed by atoms with van der Waals surface area (Å²) >= 11 is 1.34. The molecule has 2 aromatic rings. The molecule has 30 heavy (non-hydrogen) atoms. The van der Waals surface area contributed by atoms with Crippen LogP contribution in [0.1, 0.15) is 12.0 Å². The summed E-state index contributed by atoms with van der Waals surface area (Å²) < 4.78 is 11.5. The first-order chi connectivity index (χ1) is 14.6. The van der Waals surface area contributed by atoms with Crippen molar-refractivity contribution >= 4 is 28.2 Å². The lowest BCUT2D eigenvalue weighted by atomic mass is 10.2. The predicted molar refractivity (Wildman–Crippen MR) is 112 cm³/mol. The van der Waals surface area contributed by atoms with Crippen molar-refractivity contribution in [3.8, 4) is 17.6 Å². The number of hydrogen-bond donors (Lipinski definition) is 1. The lowest BCUT2D eigenvalue weighted by Gasteiger charge is -2.37. The molecule has 0 saturated carbocycles. The van der Waals surface area contributed by atoms with Crippen molar-refractivity contribution in [2.75, 3.05) is 44.6 Å². The van der Waals surface area contributed by atoms with E-state index in [1.54, 1.807) is 22.4 Å². The Bertz CT molecular complexity index is 962. The third-order valence-electron chi connectivity index (χ3n) is 5.16. The Morgan fingerprint density at radius 2 is 1.93 bits per heavy atom. The monoisotopic (exact) mass is 426 g/mol. The van der Waals surface area contributed by atoms with E-state index in [2.05, 4.69) is 16.3 Å². The van der Waals surface area contributed by atoms with Gasteiger partial charge in [-0.05, 0) is 23.6 Å². The van der Waals surface area contributed by atoms with Gasteiger partial charge in [0.15, 0.2) is 11.5 Å². The molecule has 0 radical (unpaired) electrons. The quantitative estimate of drug-likeness (QED) is 0.785. The van der Waals surface area contributed by atoms with Crippen molar-refractivity contribution in [2.24, 2.45) is 0 Å². The number of para-hydroxylation sites is 2. The van der Waals surface area contributed by atoms with Crippen LogP contribution >= 0.6 is 11.3 Å². The van der Waals surface area contributed by atoms with E-state index in [0.29, 0.717) is 61.2 Å². The fourth-order valence-corrected chi connectivity index (χ4v) is 4.23. The van der Waals surface area contributed by atoms with Crippen LogP contribution in [0.15, 0.2) is 35.7 Å². The summed E-state index contributed by atoms with van der Waals surface area (Å²) in [5, 5.41) is 14.2. The molecule has 2 aliphatic heterocycles. The first kappa shape index (κ1) is 20.2. The van der Waals surface area contributed by atoms with E-state index in [1.807, 2.05) is 18.2 Å². The van der Waals surface area contributed by atoms with Gasteiger partial charge in [0.1, 0.15) is 17.7 Å². The molecule has 0 unspecified atom stereocenters. The number of carbonyl (C=O) groups is 2. The third-order valence-corrected chi connectivity index (χ3v) is 5.99. The second-order valence-corrected chi connectivity index (χ2v) is 8.02. The minimum Gasteiger partial charge on any atom is -0.485 e. The van der Waals surface area contributed by atoms with Crippen molar-refractivity contribution in [1.82, 2.24) is 9.80 Å². The average Bonchev–Trinajstić information content (AvgIpc) is 3.24. The maximum atomic E-state index is 12.8. The topological polar surface area (TPSA) is 94.9 Å². The number of piperazine rings is 1. The van der Waals surface area contributed by atoms with E-state index >= 15 is 0 Å². The zero-order chi connectivity index (χ0) is 20.9. The Morgan fingerprint density at radius 3 is 2.70 bits per heavy atom. The molecule has 1 atom stereocenters. The van der Waals surface area contributed by atoms with Crippen LogP contribution < -0.4 is 14.8 Å². The molecule has 2 aliphatic rings. The van der Waals surface area contributed by atoms with Crippen LogP contribution in [0.2, 0.25) is 0 Å². The summed E-state index contributed by atoms with van der Waals surface area (Å²) in [6.45, 7) is 3.40. The van der Waals surface area contributed by atoms with Gasteiger partial charge in [0.05, 0.1) is 5.56 Å². The lowest BCUT2D eigenvalue weighted by Crippen LogP contribution is -2.54. The SMILES string of the molecule is N#Cc1ccsc1NC(=O)CCN1CCN(C(=O)[C@H]2COc3ccccc3O2)CC1. The Balaban J connectivity index is 1.21. The second kappa shape index (κ2) is 9.15.